The molecule has 1 atom stereocenters. The Bertz CT molecular complexity index is 372. The van der Waals surface area contributed by atoms with Crippen LogP contribution in [0.2, 0.25) is 0 Å². The highest BCUT2D eigenvalue weighted by Gasteiger charge is 2.15. The van der Waals surface area contributed by atoms with E-state index in [1.54, 1.807) is 6.92 Å². The van der Waals surface area contributed by atoms with Crippen molar-refractivity contribution in [2.45, 2.75) is 43.6 Å². The zero-order valence-electron chi connectivity index (χ0n) is 10.2. The Hall–Kier alpha value is 0.01000. The van der Waals surface area contributed by atoms with Gasteiger partial charge >= 0.3 is 0 Å². The maximum absolute atomic E-state index is 9.51. The van der Waals surface area contributed by atoms with Crippen LogP contribution in [-0.4, -0.2) is 10.9 Å². The SMILES string of the molecule is C[C@@H](O)c1ccc(SCC2CCCC2)c(Br)c1. The number of hydrogen-bond donors (Lipinski definition) is 1. The van der Waals surface area contributed by atoms with Crippen molar-refractivity contribution in [2.75, 3.05) is 5.75 Å². The fraction of sp³-hybridized carbons (Fsp3) is 0.571. The van der Waals surface area contributed by atoms with E-state index in [4.69, 9.17) is 0 Å². The number of benzene rings is 1. The molecule has 0 aliphatic heterocycles. The topological polar surface area (TPSA) is 20.2 Å². The third-order valence-corrected chi connectivity index (χ3v) is 5.61. The third-order valence-electron chi connectivity index (χ3n) is 3.39. The molecule has 1 aromatic carbocycles. The number of hydrogen-bond acceptors (Lipinski definition) is 2. The van der Waals surface area contributed by atoms with Crippen molar-refractivity contribution in [1.82, 2.24) is 0 Å². The molecular weight excluding hydrogens is 296 g/mol. The van der Waals surface area contributed by atoms with Crippen molar-refractivity contribution in [3.8, 4) is 0 Å². The van der Waals surface area contributed by atoms with Crippen LogP contribution < -0.4 is 0 Å². The summed E-state index contributed by atoms with van der Waals surface area (Å²) in [6.07, 6.45) is 5.23. The van der Waals surface area contributed by atoms with E-state index in [1.807, 2.05) is 23.9 Å². The summed E-state index contributed by atoms with van der Waals surface area (Å²) < 4.78 is 1.11. The molecule has 0 spiro atoms. The van der Waals surface area contributed by atoms with Gasteiger partial charge in [0.05, 0.1) is 6.10 Å². The molecule has 1 saturated carbocycles. The molecule has 1 N–H and O–H groups in total. The van der Waals surface area contributed by atoms with Gasteiger partial charge in [0.1, 0.15) is 0 Å². The van der Waals surface area contributed by atoms with Gasteiger partial charge in [0, 0.05) is 15.1 Å². The lowest BCUT2D eigenvalue weighted by molar-refractivity contribution is 0.199. The molecule has 1 fully saturated rings. The van der Waals surface area contributed by atoms with Gasteiger partial charge in [-0.25, -0.2) is 0 Å². The molecule has 94 valence electrons. The first-order valence-electron chi connectivity index (χ1n) is 6.27. The maximum Gasteiger partial charge on any atom is 0.0762 e. The molecule has 1 aromatic rings. The maximum atomic E-state index is 9.51. The quantitative estimate of drug-likeness (QED) is 0.807. The van der Waals surface area contributed by atoms with E-state index in [2.05, 4.69) is 22.0 Å². The zero-order valence-corrected chi connectivity index (χ0v) is 12.6. The first kappa shape index (κ1) is 13.4. The molecule has 17 heavy (non-hydrogen) atoms. The Balaban J connectivity index is 1.96. The van der Waals surface area contributed by atoms with Crippen LogP contribution in [0.5, 0.6) is 0 Å². The van der Waals surface area contributed by atoms with Crippen LogP contribution in [0.25, 0.3) is 0 Å². The second kappa shape index (κ2) is 6.26. The van der Waals surface area contributed by atoms with Crippen LogP contribution in [-0.2, 0) is 0 Å². The summed E-state index contributed by atoms with van der Waals surface area (Å²) >= 11 is 5.53. The number of aliphatic hydroxyl groups excluding tert-OH is 1. The molecule has 1 aliphatic rings. The van der Waals surface area contributed by atoms with Gasteiger partial charge in [-0.1, -0.05) is 18.9 Å². The molecular formula is C14H19BrOS. The lowest BCUT2D eigenvalue weighted by atomic mass is 10.1. The molecule has 0 aromatic heterocycles. The van der Waals surface area contributed by atoms with Gasteiger partial charge in [0.15, 0.2) is 0 Å². The Labute approximate surface area is 116 Å². The molecule has 0 bridgehead atoms. The number of halogens is 1. The van der Waals surface area contributed by atoms with Crippen LogP contribution in [0.4, 0.5) is 0 Å². The summed E-state index contributed by atoms with van der Waals surface area (Å²) in [4.78, 5) is 1.29. The molecule has 0 unspecified atom stereocenters. The minimum absolute atomic E-state index is 0.389. The van der Waals surface area contributed by atoms with Crippen LogP contribution in [0.15, 0.2) is 27.6 Å². The molecule has 0 saturated heterocycles. The second-order valence-corrected chi connectivity index (χ2v) is 6.74. The minimum atomic E-state index is -0.389. The summed E-state index contributed by atoms with van der Waals surface area (Å²) in [6, 6.07) is 6.17. The van der Waals surface area contributed by atoms with Gasteiger partial charge in [-0.05, 0) is 59.3 Å². The molecule has 0 amide bonds. The molecule has 1 nitrogen and oxygen atoms in total. The summed E-state index contributed by atoms with van der Waals surface area (Å²) in [5, 5.41) is 9.51. The van der Waals surface area contributed by atoms with Crippen molar-refractivity contribution in [3.63, 3.8) is 0 Å². The predicted molar refractivity (Wildman–Crippen MR) is 77.5 cm³/mol. The van der Waals surface area contributed by atoms with Crippen LogP contribution in [0.3, 0.4) is 0 Å². The Morgan fingerprint density at radius 3 is 2.71 bits per heavy atom. The number of thioether (sulfide) groups is 1. The lowest BCUT2D eigenvalue weighted by Gasteiger charge is -2.11. The van der Waals surface area contributed by atoms with E-state index in [1.165, 1.54) is 36.3 Å². The normalized spacial score (nSPS) is 18.5. The standard InChI is InChI=1S/C14H19BrOS/c1-10(16)12-6-7-14(13(15)8-12)17-9-11-4-2-3-5-11/h6-8,10-11,16H,2-5,9H2,1H3/t10-/m1/s1. The van der Waals surface area contributed by atoms with E-state index in [9.17, 15) is 5.11 Å². The first-order valence-corrected chi connectivity index (χ1v) is 8.05. The minimum Gasteiger partial charge on any atom is -0.389 e. The Morgan fingerprint density at radius 1 is 1.41 bits per heavy atom. The third kappa shape index (κ3) is 3.73. The molecule has 1 aliphatic carbocycles. The number of aliphatic hydroxyl groups is 1. The Morgan fingerprint density at radius 2 is 2.12 bits per heavy atom. The van der Waals surface area contributed by atoms with Gasteiger partial charge < -0.3 is 5.11 Å². The van der Waals surface area contributed by atoms with Crippen LogP contribution in [0, 0.1) is 5.92 Å². The summed E-state index contributed by atoms with van der Waals surface area (Å²) in [5.74, 6) is 2.13. The second-order valence-electron chi connectivity index (χ2n) is 4.83. The highest BCUT2D eigenvalue weighted by molar-refractivity contribution is 9.10. The Kier molecular flexibility index (Phi) is 4.95. The van der Waals surface area contributed by atoms with E-state index in [0.717, 1.165) is 16.0 Å². The number of rotatable bonds is 4. The molecule has 0 radical (unpaired) electrons. The van der Waals surface area contributed by atoms with Gasteiger partial charge in [0.25, 0.3) is 0 Å². The fourth-order valence-corrected chi connectivity index (χ4v) is 4.13. The van der Waals surface area contributed by atoms with Crippen molar-refractivity contribution in [2.24, 2.45) is 5.92 Å². The molecule has 0 heterocycles. The van der Waals surface area contributed by atoms with Crippen molar-refractivity contribution < 1.29 is 5.11 Å². The van der Waals surface area contributed by atoms with Crippen molar-refractivity contribution in [1.29, 1.82) is 0 Å². The van der Waals surface area contributed by atoms with Gasteiger partial charge in [-0.2, -0.15) is 0 Å². The van der Waals surface area contributed by atoms with E-state index < -0.39 is 0 Å². The van der Waals surface area contributed by atoms with Gasteiger partial charge in [0.2, 0.25) is 0 Å². The van der Waals surface area contributed by atoms with E-state index in [-0.39, 0.29) is 6.10 Å². The molecule has 2 rings (SSSR count). The van der Waals surface area contributed by atoms with E-state index in [0.29, 0.717) is 0 Å². The molecule has 3 heteroatoms. The van der Waals surface area contributed by atoms with E-state index >= 15 is 0 Å². The highest BCUT2D eigenvalue weighted by atomic mass is 79.9. The van der Waals surface area contributed by atoms with Gasteiger partial charge in [-0.3, -0.25) is 0 Å². The summed E-state index contributed by atoms with van der Waals surface area (Å²) in [6.45, 7) is 1.80. The highest BCUT2D eigenvalue weighted by Crippen LogP contribution is 2.35. The average Bonchev–Trinajstić information content (AvgIpc) is 2.80. The van der Waals surface area contributed by atoms with Crippen LogP contribution in [0.1, 0.15) is 44.3 Å². The smallest absolute Gasteiger partial charge is 0.0762 e. The summed E-state index contributed by atoms with van der Waals surface area (Å²) in [7, 11) is 0. The van der Waals surface area contributed by atoms with Crippen LogP contribution >= 0.6 is 27.7 Å². The largest absolute Gasteiger partial charge is 0.389 e. The predicted octanol–water partition coefficient (Wildman–Crippen LogP) is 4.78. The summed E-state index contributed by atoms with van der Waals surface area (Å²) in [5.41, 5.74) is 0.974. The lowest BCUT2D eigenvalue weighted by Crippen LogP contribution is -1.97. The fourth-order valence-electron chi connectivity index (χ4n) is 2.28. The monoisotopic (exact) mass is 314 g/mol. The zero-order chi connectivity index (χ0) is 12.3. The first-order chi connectivity index (χ1) is 8.16. The van der Waals surface area contributed by atoms with Crippen molar-refractivity contribution >= 4 is 27.7 Å². The van der Waals surface area contributed by atoms with Crippen molar-refractivity contribution in [3.05, 3.63) is 28.2 Å². The van der Waals surface area contributed by atoms with Gasteiger partial charge in [-0.15, -0.1) is 11.8 Å². The average molecular weight is 315 g/mol.